The molecule has 0 aliphatic rings. The van der Waals surface area contributed by atoms with Crippen LogP contribution in [0.1, 0.15) is 351 Å². The minimum Gasteiger partial charge on any atom is -0.462 e. The van der Waals surface area contributed by atoms with Crippen molar-refractivity contribution >= 4 is 39.5 Å². The molecular weight excluding hydrogens is 1190 g/mol. The molecule has 19 heteroatoms. The van der Waals surface area contributed by atoms with Crippen molar-refractivity contribution in [2.75, 3.05) is 39.6 Å². The molecule has 0 heterocycles. The SMILES string of the molecule is CCC(C)CCCCCCCCCCCCC(=O)O[C@H](COC(=O)CCCCCCCCCCCCC(C)C)COP(=O)(O)OC[C@@H](O)COP(=O)(O)OC[C@@H](COC(=O)CCCCCCCCC(C)CC)OC(=O)CCCCCCCCCCCCC(C)C. The normalized spacial score (nSPS) is 14.9. The molecule has 0 spiro atoms. The van der Waals surface area contributed by atoms with E-state index in [2.05, 4.69) is 55.4 Å². The van der Waals surface area contributed by atoms with Crippen LogP contribution in [-0.2, 0) is 65.4 Å². The van der Waals surface area contributed by atoms with Gasteiger partial charge in [0.2, 0.25) is 0 Å². The van der Waals surface area contributed by atoms with E-state index in [1.54, 1.807) is 0 Å². The summed E-state index contributed by atoms with van der Waals surface area (Å²) < 4.78 is 68.3. The number of ether oxygens (including phenoxy) is 4. The molecule has 0 aromatic rings. The van der Waals surface area contributed by atoms with Crippen molar-refractivity contribution in [3.8, 4) is 0 Å². The zero-order valence-electron chi connectivity index (χ0n) is 58.8. The van der Waals surface area contributed by atoms with Gasteiger partial charge in [0.05, 0.1) is 26.4 Å². The van der Waals surface area contributed by atoms with Gasteiger partial charge in [-0.3, -0.25) is 37.3 Å². The van der Waals surface area contributed by atoms with E-state index in [-0.39, 0.29) is 25.7 Å². The van der Waals surface area contributed by atoms with Crippen LogP contribution in [0.5, 0.6) is 0 Å². The van der Waals surface area contributed by atoms with E-state index in [0.717, 1.165) is 120 Å². The number of rotatable bonds is 68. The molecule has 7 atom stereocenters. The van der Waals surface area contributed by atoms with Gasteiger partial charge in [-0.1, -0.05) is 299 Å². The van der Waals surface area contributed by atoms with Crippen LogP contribution in [0.25, 0.3) is 0 Å². The molecule has 0 fully saturated rings. The molecule has 0 aromatic heterocycles. The van der Waals surface area contributed by atoms with E-state index in [0.29, 0.717) is 25.7 Å². The standard InChI is InChI=1S/C71H138O17P2/c1-9-63(7)49-41-33-25-19-13-16-22-28-38-46-54-71(76)87-66(57-81-68(73)51-43-35-26-20-14-11-17-23-31-39-47-61(3)4)59-85-89(77,78)83-55-65(72)56-84-90(79,80)86-60-67(58-82-69(74)52-44-36-30-29-34-42-50-64(8)10-2)88-70(75)53-45-37-27-21-15-12-18-24-32-40-48-62(5)6/h61-67,72H,9-60H2,1-8H3,(H,77,78)(H,79,80)/t63?,64?,65-,66-,67-/m1/s1. The lowest BCUT2D eigenvalue weighted by atomic mass is 9.99. The maximum absolute atomic E-state index is 13.0. The molecule has 3 N–H and O–H groups in total. The first-order chi connectivity index (χ1) is 43.2. The van der Waals surface area contributed by atoms with Crippen molar-refractivity contribution in [2.45, 2.75) is 369 Å². The molecule has 0 rings (SSSR count). The fourth-order valence-electron chi connectivity index (χ4n) is 10.6. The predicted molar refractivity (Wildman–Crippen MR) is 363 cm³/mol. The minimum atomic E-state index is -4.95. The quantitative estimate of drug-likeness (QED) is 0.0222. The summed E-state index contributed by atoms with van der Waals surface area (Å²) in [4.78, 5) is 72.6. The number of carbonyl (C=O) groups is 4. The first-order valence-corrected chi connectivity index (χ1v) is 39.8. The summed E-state index contributed by atoms with van der Waals surface area (Å²) in [5.41, 5.74) is 0. The summed E-state index contributed by atoms with van der Waals surface area (Å²) in [5.74, 6) is 0.916. The van der Waals surface area contributed by atoms with Crippen LogP contribution in [0.15, 0.2) is 0 Å². The molecule has 17 nitrogen and oxygen atoms in total. The third kappa shape index (κ3) is 62.2. The van der Waals surface area contributed by atoms with E-state index in [1.807, 2.05) is 0 Å². The molecule has 0 aliphatic carbocycles. The third-order valence-corrected chi connectivity index (χ3v) is 18.9. The van der Waals surface area contributed by atoms with Crippen LogP contribution in [-0.4, -0.2) is 96.7 Å². The molecule has 0 amide bonds. The van der Waals surface area contributed by atoms with Crippen molar-refractivity contribution in [3.63, 3.8) is 0 Å². The summed E-state index contributed by atoms with van der Waals surface area (Å²) in [6, 6.07) is 0. The molecule has 0 radical (unpaired) electrons. The summed E-state index contributed by atoms with van der Waals surface area (Å²) in [7, 11) is -9.91. The Labute approximate surface area is 549 Å². The van der Waals surface area contributed by atoms with Crippen molar-refractivity contribution < 1.29 is 80.2 Å². The van der Waals surface area contributed by atoms with Crippen molar-refractivity contribution in [1.29, 1.82) is 0 Å². The summed E-state index contributed by atoms with van der Waals surface area (Å²) in [5, 5.41) is 10.6. The Morgan fingerprint density at radius 3 is 0.789 bits per heavy atom. The maximum Gasteiger partial charge on any atom is 0.472 e. The Bertz CT molecular complexity index is 1790. The van der Waals surface area contributed by atoms with Gasteiger partial charge in [-0.05, 0) is 49.4 Å². The number of unbranched alkanes of at least 4 members (excludes halogenated alkanes) is 32. The number of phosphoric acid groups is 2. The first kappa shape index (κ1) is 88.1. The zero-order valence-corrected chi connectivity index (χ0v) is 60.6. The molecule has 534 valence electrons. The van der Waals surface area contributed by atoms with Gasteiger partial charge < -0.3 is 33.8 Å². The van der Waals surface area contributed by atoms with Crippen molar-refractivity contribution in [1.82, 2.24) is 0 Å². The maximum atomic E-state index is 13.0. The van der Waals surface area contributed by atoms with Crippen LogP contribution < -0.4 is 0 Å². The summed E-state index contributed by atoms with van der Waals surface area (Å²) >= 11 is 0. The lowest BCUT2D eigenvalue weighted by molar-refractivity contribution is -0.161. The second-order valence-corrected chi connectivity index (χ2v) is 30.0. The Hall–Kier alpha value is -1.94. The lowest BCUT2D eigenvalue weighted by Gasteiger charge is -2.21. The van der Waals surface area contributed by atoms with E-state index >= 15 is 0 Å². The van der Waals surface area contributed by atoms with Crippen molar-refractivity contribution in [3.05, 3.63) is 0 Å². The molecule has 90 heavy (non-hydrogen) atoms. The van der Waals surface area contributed by atoms with E-state index in [1.165, 1.54) is 148 Å². The average Bonchev–Trinajstić information content (AvgIpc) is 3.45. The predicted octanol–water partition coefficient (Wildman–Crippen LogP) is 20.1. The highest BCUT2D eigenvalue weighted by atomic mass is 31.2. The second kappa shape index (κ2) is 60.7. The van der Waals surface area contributed by atoms with Gasteiger partial charge in [-0.2, -0.15) is 0 Å². The lowest BCUT2D eigenvalue weighted by Crippen LogP contribution is -2.30. The zero-order chi connectivity index (χ0) is 66.8. The van der Waals surface area contributed by atoms with Gasteiger partial charge in [0.1, 0.15) is 19.3 Å². The number of hydrogen-bond donors (Lipinski definition) is 3. The van der Waals surface area contributed by atoms with Crippen LogP contribution in [0.4, 0.5) is 0 Å². The number of aliphatic hydroxyl groups is 1. The number of phosphoric ester groups is 2. The Morgan fingerprint density at radius 2 is 0.533 bits per heavy atom. The average molecular weight is 1330 g/mol. The molecule has 0 aromatic carbocycles. The molecule has 0 saturated carbocycles. The third-order valence-electron chi connectivity index (χ3n) is 17.0. The minimum absolute atomic E-state index is 0.104. The highest BCUT2D eigenvalue weighted by molar-refractivity contribution is 7.47. The smallest absolute Gasteiger partial charge is 0.462 e. The molecule has 0 saturated heterocycles. The van der Waals surface area contributed by atoms with Gasteiger partial charge in [0.15, 0.2) is 12.2 Å². The highest BCUT2D eigenvalue weighted by Crippen LogP contribution is 2.45. The number of carbonyl (C=O) groups excluding carboxylic acids is 4. The van der Waals surface area contributed by atoms with Gasteiger partial charge in [-0.25, -0.2) is 9.13 Å². The van der Waals surface area contributed by atoms with Crippen LogP contribution in [0.3, 0.4) is 0 Å². The first-order valence-electron chi connectivity index (χ1n) is 36.8. The second-order valence-electron chi connectivity index (χ2n) is 27.1. The van der Waals surface area contributed by atoms with Crippen LogP contribution >= 0.6 is 15.6 Å². The van der Waals surface area contributed by atoms with E-state index < -0.39 is 97.5 Å². The number of esters is 4. The monoisotopic (exact) mass is 1320 g/mol. The van der Waals surface area contributed by atoms with Gasteiger partial charge >= 0.3 is 39.5 Å². The highest BCUT2D eigenvalue weighted by Gasteiger charge is 2.30. The van der Waals surface area contributed by atoms with Crippen LogP contribution in [0, 0.1) is 23.7 Å². The molecule has 0 aliphatic heterocycles. The summed E-state index contributed by atoms with van der Waals surface area (Å²) in [6.07, 6.45) is 42.9. The van der Waals surface area contributed by atoms with Gasteiger partial charge in [-0.15, -0.1) is 0 Å². The Morgan fingerprint density at radius 1 is 0.311 bits per heavy atom. The Balaban J connectivity index is 5.28. The largest absolute Gasteiger partial charge is 0.472 e. The van der Waals surface area contributed by atoms with E-state index in [4.69, 9.17) is 37.0 Å². The molecular formula is C71H138O17P2. The molecule has 0 bridgehead atoms. The number of aliphatic hydroxyl groups excluding tert-OH is 1. The Kier molecular flexibility index (Phi) is 59.4. The fraction of sp³-hybridized carbons (Fsp3) is 0.944. The topological polar surface area (TPSA) is 237 Å². The summed E-state index contributed by atoms with van der Waals surface area (Å²) in [6.45, 7) is 14.1. The van der Waals surface area contributed by atoms with E-state index in [9.17, 15) is 43.2 Å². The van der Waals surface area contributed by atoms with Gasteiger partial charge in [0, 0.05) is 25.7 Å². The molecule has 4 unspecified atom stereocenters. The fourth-order valence-corrected chi connectivity index (χ4v) is 12.2. The number of hydrogen-bond acceptors (Lipinski definition) is 15. The van der Waals surface area contributed by atoms with Gasteiger partial charge in [0.25, 0.3) is 0 Å². The van der Waals surface area contributed by atoms with Crippen molar-refractivity contribution in [2.24, 2.45) is 23.7 Å². The van der Waals surface area contributed by atoms with Crippen LogP contribution in [0.2, 0.25) is 0 Å².